The molecule has 1 aromatic heterocycles. The molecule has 0 spiro atoms. The molecule has 4 amide bonds. The molecule has 3 aromatic carbocycles. The predicted molar refractivity (Wildman–Crippen MR) is 202 cm³/mol. The maximum atomic E-state index is 14.8. The SMILES string of the molecule is Cc1cc2ccc1[C@@H](C)COC(=O)Nc1cc(F)c(O)c(c1)CN(C)C(=O)[C@@H]2Nc1ccc2c(N(C(=O)OC(C)(C)C)C(=O)OC(C)(C)C)nccc2c1. The minimum absolute atomic E-state index is 0.00200. The Bertz CT molecular complexity index is 2080. The van der Waals surface area contributed by atoms with Crippen LogP contribution in [-0.4, -0.2) is 64.0 Å². The third kappa shape index (κ3) is 9.17. The van der Waals surface area contributed by atoms with E-state index in [-0.39, 0.29) is 36.1 Å². The summed E-state index contributed by atoms with van der Waals surface area (Å²) >= 11 is 0. The minimum atomic E-state index is -0.972. The van der Waals surface area contributed by atoms with Crippen LogP contribution in [0, 0.1) is 12.7 Å². The van der Waals surface area contributed by atoms with Crippen LogP contribution in [-0.2, 0) is 25.5 Å². The molecule has 2 aliphatic rings. The molecule has 4 bridgehead atoms. The smallest absolute Gasteiger partial charge is 0.425 e. The Morgan fingerprint density at radius 1 is 1.00 bits per heavy atom. The molecule has 0 radical (unpaired) electrons. The number of likely N-dealkylation sites (N-methyl/N-ethyl adjacent to an activating group) is 1. The Morgan fingerprint density at radius 3 is 2.30 bits per heavy atom. The summed E-state index contributed by atoms with van der Waals surface area (Å²) < 4.78 is 31.3. The highest BCUT2D eigenvalue weighted by Gasteiger charge is 2.35. The van der Waals surface area contributed by atoms with Crippen LogP contribution in [0.25, 0.3) is 10.8 Å². The van der Waals surface area contributed by atoms with Crippen LogP contribution in [0.4, 0.5) is 36.0 Å². The Hall–Kier alpha value is -5.92. The topological polar surface area (TPSA) is 160 Å². The van der Waals surface area contributed by atoms with Gasteiger partial charge in [-0.1, -0.05) is 25.1 Å². The maximum Gasteiger partial charge on any atom is 0.425 e. The summed E-state index contributed by atoms with van der Waals surface area (Å²) in [4.78, 5) is 60.2. The van der Waals surface area contributed by atoms with Crippen LogP contribution in [0.5, 0.6) is 5.75 Å². The Labute approximate surface area is 313 Å². The van der Waals surface area contributed by atoms with Crippen molar-refractivity contribution in [3.8, 4) is 5.75 Å². The van der Waals surface area contributed by atoms with Crippen LogP contribution >= 0.6 is 0 Å². The second-order valence-corrected chi connectivity index (χ2v) is 15.3. The number of hydrogen-bond donors (Lipinski definition) is 3. The first-order valence-electron chi connectivity index (χ1n) is 17.4. The van der Waals surface area contributed by atoms with Gasteiger partial charge in [-0.3, -0.25) is 10.1 Å². The van der Waals surface area contributed by atoms with Crippen LogP contribution in [0.2, 0.25) is 0 Å². The van der Waals surface area contributed by atoms with Crippen molar-refractivity contribution in [1.29, 1.82) is 0 Å². The summed E-state index contributed by atoms with van der Waals surface area (Å²) in [6, 6.07) is 13.8. The number of carbonyl (C=O) groups is 4. The Balaban J connectivity index is 1.56. The van der Waals surface area contributed by atoms with E-state index in [0.717, 1.165) is 22.1 Å². The van der Waals surface area contributed by atoms with E-state index in [2.05, 4.69) is 15.6 Å². The number of ether oxygens (including phenoxy) is 3. The van der Waals surface area contributed by atoms with Crippen LogP contribution < -0.4 is 15.5 Å². The number of carbonyl (C=O) groups excluding carboxylic acids is 4. The molecule has 2 aliphatic heterocycles. The van der Waals surface area contributed by atoms with Crippen LogP contribution in [0.3, 0.4) is 0 Å². The average Bonchev–Trinajstić information content (AvgIpc) is 3.06. The first kappa shape index (κ1) is 39.3. The number of halogens is 1. The molecule has 13 nitrogen and oxygen atoms in total. The van der Waals surface area contributed by atoms with Crippen molar-refractivity contribution in [2.24, 2.45) is 0 Å². The molecule has 3 heterocycles. The lowest BCUT2D eigenvalue weighted by Gasteiger charge is -2.29. The lowest BCUT2D eigenvalue weighted by atomic mass is 9.93. The monoisotopic (exact) mass is 743 g/mol. The number of benzene rings is 3. The highest BCUT2D eigenvalue weighted by molar-refractivity contribution is 6.14. The lowest BCUT2D eigenvalue weighted by molar-refractivity contribution is -0.131. The number of imide groups is 1. The highest BCUT2D eigenvalue weighted by Crippen LogP contribution is 2.34. The van der Waals surface area contributed by atoms with Gasteiger partial charge < -0.3 is 29.5 Å². The van der Waals surface area contributed by atoms with Gasteiger partial charge in [0.05, 0.1) is 6.61 Å². The molecule has 4 aromatic rings. The molecule has 54 heavy (non-hydrogen) atoms. The van der Waals surface area contributed by atoms with E-state index >= 15 is 0 Å². The molecule has 286 valence electrons. The normalized spacial score (nSPS) is 16.7. The number of phenolic OH excluding ortho intramolecular Hbond substituents is 1. The Morgan fingerprint density at radius 2 is 1.67 bits per heavy atom. The van der Waals surface area contributed by atoms with Crippen molar-refractivity contribution < 1.29 is 42.9 Å². The number of nitrogens with zero attached hydrogens (tertiary/aromatic N) is 3. The largest absolute Gasteiger partial charge is 0.505 e. The number of aromatic hydroxyl groups is 1. The van der Waals surface area contributed by atoms with Crippen LogP contribution in [0.1, 0.15) is 82.7 Å². The number of aromatic nitrogens is 1. The van der Waals surface area contributed by atoms with E-state index in [0.29, 0.717) is 22.0 Å². The average molecular weight is 744 g/mol. The quantitative estimate of drug-likeness (QED) is 0.137. The number of fused-ring (bicyclic) bond motifs is 10. The van der Waals surface area contributed by atoms with Gasteiger partial charge in [-0.2, -0.15) is 4.90 Å². The van der Waals surface area contributed by atoms with Crippen molar-refractivity contribution in [1.82, 2.24) is 9.88 Å². The van der Waals surface area contributed by atoms with Crippen molar-refractivity contribution in [2.75, 3.05) is 29.2 Å². The van der Waals surface area contributed by atoms with Gasteiger partial charge in [0, 0.05) is 54.1 Å². The van der Waals surface area contributed by atoms with Gasteiger partial charge in [0.15, 0.2) is 17.4 Å². The lowest BCUT2D eigenvalue weighted by Crippen LogP contribution is -2.44. The van der Waals surface area contributed by atoms with Crippen molar-refractivity contribution in [2.45, 2.75) is 85.1 Å². The van der Waals surface area contributed by atoms with E-state index in [1.54, 1.807) is 65.8 Å². The molecule has 2 atom stereocenters. The van der Waals surface area contributed by atoms with E-state index in [1.807, 2.05) is 32.0 Å². The van der Waals surface area contributed by atoms with Crippen molar-refractivity contribution in [3.05, 3.63) is 88.9 Å². The third-order valence-electron chi connectivity index (χ3n) is 8.46. The van der Waals surface area contributed by atoms with E-state index in [1.165, 1.54) is 24.2 Å². The van der Waals surface area contributed by atoms with Gasteiger partial charge in [-0.05, 0) is 101 Å². The minimum Gasteiger partial charge on any atom is -0.505 e. The number of hydrogen-bond acceptors (Lipinski definition) is 10. The molecular formula is C40H46FN5O8. The zero-order valence-corrected chi connectivity index (χ0v) is 31.9. The van der Waals surface area contributed by atoms with Crippen LogP contribution in [0.15, 0.2) is 60.8 Å². The van der Waals surface area contributed by atoms with Gasteiger partial charge in [0.25, 0.3) is 0 Å². The number of pyridine rings is 1. The number of rotatable bonds is 3. The zero-order chi connectivity index (χ0) is 39.7. The molecule has 0 saturated carbocycles. The fourth-order valence-corrected chi connectivity index (χ4v) is 6.03. The number of amides is 4. The summed E-state index contributed by atoms with van der Waals surface area (Å²) in [5, 5.41) is 17.4. The van der Waals surface area contributed by atoms with E-state index < -0.39 is 53.0 Å². The van der Waals surface area contributed by atoms with Gasteiger partial charge in [0.1, 0.15) is 17.2 Å². The third-order valence-corrected chi connectivity index (χ3v) is 8.46. The number of nitrogens with one attached hydrogen (secondary N) is 2. The van der Waals surface area contributed by atoms with Crippen molar-refractivity contribution >= 4 is 52.2 Å². The summed E-state index contributed by atoms with van der Waals surface area (Å²) in [7, 11) is 1.52. The van der Waals surface area contributed by atoms with E-state index in [9.17, 15) is 28.7 Å². The second kappa shape index (κ2) is 15.2. The highest BCUT2D eigenvalue weighted by atomic mass is 19.1. The molecular weight excluding hydrogens is 697 g/mol. The van der Waals surface area contributed by atoms with Gasteiger partial charge in [-0.25, -0.2) is 23.8 Å². The zero-order valence-electron chi connectivity index (χ0n) is 31.9. The first-order valence-corrected chi connectivity index (χ1v) is 17.4. The fraction of sp³-hybridized carbons (Fsp3) is 0.375. The standard InChI is InChI=1S/C40H46FN5O8/c1-22-16-25-10-12-29(22)23(2)21-52-36(49)44-28-18-26(33(47)31(41)19-28)20-45(9)35(48)32(25)43-27-11-13-30-24(17-27)14-15-42-34(30)46(37(50)53-39(3,4)5)38(51)54-40(6,7)8/h10-19,23,32,43,47H,20-21H2,1-9H3,(H,44,49)/t23-,32+/m0/s1. The van der Waals surface area contributed by atoms with Gasteiger partial charge in [0.2, 0.25) is 5.91 Å². The molecule has 0 saturated heterocycles. The maximum absolute atomic E-state index is 14.8. The second-order valence-electron chi connectivity index (χ2n) is 15.3. The molecule has 6 rings (SSSR count). The van der Waals surface area contributed by atoms with E-state index in [4.69, 9.17) is 14.2 Å². The van der Waals surface area contributed by atoms with Gasteiger partial charge >= 0.3 is 18.3 Å². The Kier molecular flexibility index (Phi) is 11.1. The first-order chi connectivity index (χ1) is 25.2. The molecule has 3 N–H and O–H groups in total. The molecule has 14 heteroatoms. The predicted octanol–water partition coefficient (Wildman–Crippen LogP) is 8.54. The van der Waals surface area contributed by atoms with Gasteiger partial charge in [-0.15, -0.1) is 0 Å². The summed E-state index contributed by atoms with van der Waals surface area (Å²) in [6.07, 6.45) is -1.26. The summed E-state index contributed by atoms with van der Waals surface area (Å²) in [5.41, 5.74) is 1.19. The molecule has 0 fully saturated rings. The molecule has 0 unspecified atom stereocenters. The molecule has 0 aliphatic carbocycles. The van der Waals surface area contributed by atoms with Crippen molar-refractivity contribution in [3.63, 3.8) is 0 Å². The number of phenols is 1. The summed E-state index contributed by atoms with van der Waals surface area (Å²) in [6.45, 7) is 13.7. The summed E-state index contributed by atoms with van der Waals surface area (Å²) in [5.74, 6) is -2.24. The number of anilines is 3. The fourth-order valence-electron chi connectivity index (χ4n) is 6.03. The number of aryl methyl sites for hydroxylation is 1.